The van der Waals surface area contributed by atoms with Gasteiger partial charge in [-0.15, -0.1) is 0 Å². The van der Waals surface area contributed by atoms with Gasteiger partial charge in [0.15, 0.2) is 0 Å². The smallest absolute Gasteiger partial charge is 0.326 e. The zero-order chi connectivity index (χ0) is 14.5. The van der Waals surface area contributed by atoms with Gasteiger partial charge < -0.3 is 21.5 Å². The standard InChI is InChI=1S/C11H21N3O4/c1-5-6(2)7(8(15)16)13-10(18)14-11(3,4)9(12)17/h6-7H,5H2,1-4H3,(H2,12,17)(H,15,16)(H2,13,14,18)/t6?,7-/m0/s1. The Labute approximate surface area is 106 Å². The Bertz CT molecular complexity index is 341. The van der Waals surface area contributed by atoms with Crippen molar-refractivity contribution in [1.29, 1.82) is 0 Å². The lowest BCUT2D eigenvalue weighted by atomic mass is 9.99. The lowest BCUT2D eigenvalue weighted by Gasteiger charge is -2.25. The molecule has 1 unspecified atom stereocenters. The second-order valence-electron chi connectivity index (χ2n) is 4.79. The van der Waals surface area contributed by atoms with Crippen molar-refractivity contribution in [1.82, 2.24) is 10.6 Å². The number of urea groups is 1. The van der Waals surface area contributed by atoms with Crippen LogP contribution in [0.2, 0.25) is 0 Å². The van der Waals surface area contributed by atoms with Crippen LogP contribution in [-0.4, -0.2) is 34.6 Å². The maximum absolute atomic E-state index is 11.6. The lowest BCUT2D eigenvalue weighted by Crippen LogP contribution is -2.58. The molecule has 0 aromatic heterocycles. The fourth-order valence-corrected chi connectivity index (χ4v) is 1.21. The average molecular weight is 259 g/mol. The molecule has 0 heterocycles. The van der Waals surface area contributed by atoms with E-state index in [9.17, 15) is 14.4 Å². The Kier molecular flexibility index (Phi) is 5.61. The van der Waals surface area contributed by atoms with E-state index in [4.69, 9.17) is 10.8 Å². The van der Waals surface area contributed by atoms with Crippen LogP contribution in [-0.2, 0) is 9.59 Å². The van der Waals surface area contributed by atoms with Crippen LogP contribution in [0, 0.1) is 5.92 Å². The molecule has 0 aliphatic rings. The summed E-state index contributed by atoms with van der Waals surface area (Å²) in [4.78, 5) is 33.6. The first-order valence-electron chi connectivity index (χ1n) is 5.73. The molecule has 18 heavy (non-hydrogen) atoms. The number of carbonyl (C=O) groups is 3. The van der Waals surface area contributed by atoms with E-state index in [-0.39, 0.29) is 5.92 Å². The molecule has 0 saturated heterocycles. The van der Waals surface area contributed by atoms with Crippen molar-refractivity contribution in [3.05, 3.63) is 0 Å². The summed E-state index contributed by atoms with van der Waals surface area (Å²) in [6.07, 6.45) is 0.608. The molecule has 0 spiro atoms. The van der Waals surface area contributed by atoms with E-state index in [2.05, 4.69) is 10.6 Å². The third-order valence-electron chi connectivity index (χ3n) is 2.81. The van der Waals surface area contributed by atoms with Crippen LogP contribution in [0.25, 0.3) is 0 Å². The number of aliphatic carboxylic acids is 1. The van der Waals surface area contributed by atoms with Gasteiger partial charge in [0.1, 0.15) is 11.6 Å². The highest BCUT2D eigenvalue weighted by molar-refractivity contribution is 5.90. The number of carboxylic acid groups (broad SMARTS) is 1. The Balaban J connectivity index is 4.63. The molecule has 0 rings (SSSR count). The van der Waals surface area contributed by atoms with Gasteiger partial charge in [0.05, 0.1) is 0 Å². The van der Waals surface area contributed by atoms with Crippen molar-refractivity contribution < 1.29 is 19.5 Å². The van der Waals surface area contributed by atoms with Gasteiger partial charge in [-0.1, -0.05) is 20.3 Å². The van der Waals surface area contributed by atoms with Gasteiger partial charge in [0, 0.05) is 0 Å². The molecule has 7 heteroatoms. The fourth-order valence-electron chi connectivity index (χ4n) is 1.21. The molecule has 0 bridgehead atoms. The largest absolute Gasteiger partial charge is 0.480 e. The molecular weight excluding hydrogens is 238 g/mol. The Hall–Kier alpha value is -1.79. The first-order valence-corrected chi connectivity index (χ1v) is 5.73. The fraction of sp³-hybridized carbons (Fsp3) is 0.727. The third kappa shape index (κ3) is 4.60. The van der Waals surface area contributed by atoms with Crippen molar-refractivity contribution in [2.45, 2.75) is 45.7 Å². The van der Waals surface area contributed by atoms with E-state index in [1.54, 1.807) is 6.92 Å². The minimum atomic E-state index is -1.23. The summed E-state index contributed by atoms with van der Waals surface area (Å²) in [5.41, 5.74) is 3.86. The Morgan fingerprint density at radius 2 is 1.83 bits per heavy atom. The first kappa shape index (κ1) is 16.2. The Morgan fingerprint density at radius 3 is 2.17 bits per heavy atom. The van der Waals surface area contributed by atoms with Crippen molar-refractivity contribution >= 4 is 17.9 Å². The number of hydrogen-bond acceptors (Lipinski definition) is 3. The van der Waals surface area contributed by atoms with Crippen LogP contribution in [0.15, 0.2) is 0 Å². The molecule has 0 aliphatic carbocycles. The highest BCUT2D eigenvalue weighted by Gasteiger charge is 2.30. The molecule has 2 atom stereocenters. The first-order chi connectivity index (χ1) is 8.11. The van der Waals surface area contributed by atoms with E-state index in [0.29, 0.717) is 6.42 Å². The van der Waals surface area contributed by atoms with Crippen LogP contribution in [0.3, 0.4) is 0 Å². The van der Waals surface area contributed by atoms with Gasteiger partial charge >= 0.3 is 12.0 Å². The number of primary amides is 1. The van der Waals surface area contributed by atoms with Gasteiger partial charge in [0.25, 0.3) is 0 Å². The molecule has 0 radical (unpaired) electrons. The van der Waals surface area contributed by atoms with Crippen LogP contribution >= 0.6 is 0 Å². The lowest BCUT2D eigenvalue weighted by molar-refractivity contribution is -0.140. The van der Waals surface area contributed by atoms with E-state index < -0.39 is 29.5 Å². The third-order valence-corrected chi connectivity index (χ3v) is 2.81. The SMILES string of the molecule is CCC(C)[C@H](NC(=O)NC(C)(C)C(N)=O)C(=O)O. The van der Waals surface area contributed by atoms with E-state index in [0.717, 1.165) is 0 Å². The van der Waals surface area contributed by atoms with Crippen LogP contribution < -0.4 is 16.4 Å². The minimum Gasteiger partial charge on any atom is -0.480 e. The highest BCUT2D eigenvalue weighted by atomic mass is 16.4. The van der Waals surface area contributed by atoms with Gasteiger partial charge in [-0.2, -0.15) is 0 Å². The van der Waals surface area contributed by atoms with Crippen molar-refractivity contribution in [3.63, 3.8) is 0 Å². The average Bonchev–Trinajstić information content (AvgIpc) is 2.23. The van der Waals surface area contributed by atoms with E-state index >= 15 is 0 Å². The molecule has 3 amide bonds. The second-order valence-corrected chi connectivity index (χ2v) is 4.79. The predicted molar refractivity (Wildman–Crippen MR) is 65.8 cm³/mol. The van der Waals surface area contributed by atoms with Gasteiger partial charge in [-0.05, 0) is 19.8 Å². The van der Waals surface area contributed by atoms with Crippen LogP contribution in [0.1, 0.15) is 34.1 Å². The molecule has 5 N–H and O–H groups in total. The zero-order valence-corrected chi connectivity index (χ0v) is 11.1. The minimum absolute atomic E-state index is 0.218. The predicted octanol–water partition coefficient (Wildman–Crippen LogP) is 0.0488. The Morgan fingerprint density at radius 1 is 1.33 bits per heavy atom. The molecule has 104 valence electrons. The number of nitrogens with two attached hydrogens (primary N) is 1. The summed E-state index contributed by atoms with van der Waals surface area (Å²) in [6.45, 7) is 6.42. The second kappa shape index (κ2) is 6.23. The van der Waals surface area contributed by atoms with Gasteiger partial charge in [-0.25, -0.2) is 9.59 Å². The summed E-state index contributed by atoms with van der Waals surface area (Å²) >= 11 is 0. The van der Waals surface area contributed by atoms with E-state index in [1.165, 1.54) is 13.8 Å². The quantitative estimate of drug-likeness (QED) is 0.538. The summed E-state index contributed by atoms with van der Waals surface area (Å²) in [7, 11) is 0. The summed E-state index contributed by atoms with van der Waals surface area (Å²) in [5, 5.41) is 13.6. The molecular formula is C11H21N3O4. The summed E-state index contributed by atoms with van der Waals surface area (Å²) in [6, 6.07) is -1.73. The number of hydrogen-bond donors (Lipinski definition) is 4. The molecule has 0 aromatic rings. The van der Waals surface area contributed by atoms with E-state index in [1.807, 2.05) is 6.92 Å². The van der Waals surface area contributed by atoms with Crippen molar-refractivity contribution in [2.75, 3.05) is 0 Å². The molecule has 0 aliphatic heterocycles. The summed E-state index contributed by atoms with van der Waals surface area (Å²) < 4.78 is 0. The van der Waals surface area contributed by atoms with Gasteiger partial charge in [-0.3, -0.25) is 4.79 Å². The van der Waals surface area contributed by atoms with Gasteiger partial charge in [0.2, 0.25) is 5.91 Å². The number of nitrogens with one attached hydrogen (secondary N) is 2. The maximum atomic E-state index is 11.6. The zero-order valence-electron chi connectivity index (χ0n) is 11.1. The van der Waals surface area contributed by atoms with Crippen molar-refractivity contribution in [2.24, 2.45) is 11.7 Å². The number of carboxylic acids is 1. The molecule has 0 aromatic carbocycles. The highest BCUT2D eigenvalue weighted by Crippen LogP contribution is 2.08. The number of carbonyl (C=O) groups excluding carboxylic acids is 2. The monoisotopic (exact) mass is 259 g/mol. The normalized spacial score (nSPS) is 14.4. The molecule has 0 saturated carbocycles. The summed E-state index contributed by atoms with van der Waals surface area (Å²) in [5.74, 6) is -2.03. The van der Waals surface area contributed by atoms with Crippen LogP contribution in [0.4, 0.5) is 4.79 Å². The van der Waals surface area contributed by atoms with Crippen LogP contribution in [0.5, 0.6) is 0 Å². The number of amides is 3. The molecule has 7 nitrogen and oxygen atoms in total. The topological polar surface area (TPSA) is 122 Å². The molecule has 0 fully saturated rings. The maximum Gasteiger partial charge on any atom is 0.326 e. The van der Waals surface area contributed by atoms with Crippen molar-refractivity contribution in [3.8, 4) is 0 Å². The number of rotatable bonds is 6.